The number of nitrogens with one attached hydrogen (secondary N) is 1. The third-order valence-electron chi connectivity index (χ3n) is 3.60. The molecule has 0 bridgehead atoms. The van der Waals surface area contributed by atoms with E-state index in [9.17, 15) is 0 Å². The van der Waals surface area contributed by atoms with Crippen LogP contribution in [-0.4, -0.2) is 11.5 Å². The minimum absolute atomic E-state index is 0.507. The number of fused-ring (bicyclic) bond motifs is 1. The van der Waals surface area contributed by atoms with Crippen molar-refractivity contribution in [3.05, 3.63) is 59.7 Å². The molecular formula is C18H20N2S. The number of thiazole rings is 1. The molecule has 2 aromatic carbocycles. The number of hydrogen-bond donors (Lipinski definition) is 1. The lowest BCUT2D eigenvalue weighted by atomic mass is 10.0. The van der Waals surface area contributed by atoms with E-state index >= 15 is 0 Å². The molecule has 0 saturated heterocycles. The van der Waals surface area contributed by atoms with Crippen molar-refractivity contribution in [1.29, 1.82) is 0 Å². The fraction of sp³-hybridized carbons (Fsp3) is 0.278. The van der Waals surface area contributed by atoms with Crippen LogP contribution in [0.3, 0.4) is 0 Å². The molecule has 0 spiro atoms. The van der Waals surface area contributed by atoms with Crippen molar-refractivity contribution < 1.29 is 0 Å². The van der Waals surface area contributed by atoms with Crippen molar-refractivity contribution in [2.45, 2.75) is 26.2 Å². The molecule has 3 rings (SSSR count). The second kappa shape index (κ2) is 6.27. The number of benzene rings is 2. The van der Waals surface area contributed by atoms with Gasteiger partial charge in [0.2, 0.25) is 0 Å². The van der Waals surface area contributed by atoms with Crippen LogP contribution in [0.4, 0.5) is 5.13 Å². The number of para-hydroxylation sites is 1. The molecular weight excluding hydrogens is 276 g/mol. The standard InChI is InChI=1S/C18H20N2S/c1-13(2)15-9-6-10-16-17(15)20-18(21-16)19-12-11-14-7-4-3-5-8-14/h3-10,13H,11-12H2,1-2H3,(H,19,20). The average Bonchev–Trinajstić information content (AvgIpc) is 2.90. The Balaban J connectivity index is 1.72. The molecule has 0 aliphatic heterocycles. The average molecular weight is 296 g/mol. The Morgan fingerprint density at radius 1 is 1.05 bits per heavy atom. The topological polar surface area (TPSA) is 24.9 Å². The molecule has 3 aromatic rings. The van der Waals surface area contributed by atoms with Crippen molar-refractivity contribution in [3.8, 4) is 0 Å². The summed E-state index contributed by atoms with van der Waals surface area (Å²) >= 11 is 1.74. The van der Waals surface area contributed by atoms with E-state index in [1.54, 1.807) is 11.3 Å². The predicted molar refractivity (Wildman–Crippen MR) is 92.3 cm³/mol. The van der Waals surface area contributed by atoms with Crippen molar-refractivity contribution in [3.63, 3.8) is 0 Å². The smallest absolute Gasteiger partial charge is 0.183 e. The molecule has 1 heterocycles. The molecule has 2 nitrogen and oxygen atoms in total. The molecule has 108 valence electrons. The molecule has 3 heteroatoms. The lowest BCUT2D eigenvalue weighted by molar-refractivity contribution is 0.873. The molecule has 0 saturated carbocycles. The first-order valence-electron chi connectivity index (χ1n) is 7.41. The maximum Gasteiger partial charge on any atom is 0.183 e. The van der Waals surface area contributed by atoms with Crippen molar-refractivity contribution in [1.82, 2.24) is 4.98 Å². The van der Waals surface area contributed by atoms with Crippen LogP contribution in [-0.2, 0) is 6.42 Å². The summed E-state index contributed by atoms with van der Waals surface area (Å²) < 4.78 is 1.27. The van der Waals surface area contributed by atoms with Crippen LogP contribution in [0.1, 0.15) is 30.9 Å². The quantitative estimate of drug-likeness (QED) is 0.710. The Hall–Kier alpha value is -1.87. The Morgan fingerprint density at radius 2 is 1.86 bits per heavy atom. The van der Waals surface area contributed by atoms with E-state index in [0.717, 1.165) is 23.6 Å². The zero-order valence-corrected chi connectivity index (χ0v) is 13.3. The van der Waals surface area contributed by atoms with Crippen LogP contribution in [0.25, 0.3) is 10.2 Å². The molecule has 0 atom stereocenters. The highest BCUT2D eigenvalue weighted by atomic mass is 32.1. The second-order valence-electron chi connectivity index (χ2n) is 5.53. The summed E-state index contributed by atoms with van der Waals surface area (Å²) in [5, 5.41) is 4.48. The SMILES string of the molecule is CC(C)c1cccc2sc(NCCc3ccccc3)nc12. The van der Waals surface area contributed by atoms with E-state index in [1.165, 1.54) is 15.8 Å². The highest BCUT2D eigenvalue weighted by molar-refractivity contribution is 7.22. The summed E-state index contributed by atoms with van der Waals surface area (Å²) in [5.41, 5.74) is 3.84. The van der Waals surface area contributed by atoms with Crippen LogP contribution < -0.4 is 5.32 Å². The number of hydrogen-bond acceptors (Lipinski definition) is 3. The number of rotatable bonds is 5. The first-order chi connectivity index (χ1) is 10.2. The summed E-state index contributed by atoms with van der Waals surface area (Å²) in [6.07, 6.45) is 1.02. The van der Waals surface area contributed by atoms with Gasteiger partial charge in [-0.25, -0.2) is 4.98 Å². The van der Waals surface area contributed by atoms with Crippen molar-refractivity contribution in [2.75, 3.05) is 11.9 Å². The van der Waals surface area contributed by atoms with Gasteiger partial charge in [-0.15, -0.1) is 0 Å². The van der Waals surface area contributed by atoms with Gasteiger partial charge in [0.1, 0.15) is 0 Å². The molecule has 0 fully saturated rings. The third-order valence-corrected chi connectivity index (χ3v) is 4.58. The van der Waals surface area contributed by atoms with Gasteiger partial charge >= 0.3 is 0 Å². The van der Waals surface area contributed by atoms with Gasteiger partial charge in [0.05, 0.1) is 10.2 Å². The fourth-order valence-corrected chi connectivity index (χ4v) is 3.40. The van der Waals surface area contributed by atoms with Gasteiger partial charge in [0, 0.05) is 6.54 Å². The zero-order chi connectivity index (χ0) is 14.7. The Morgan fingerprint density at radius 3 is 2.62 bits per heavy atom. The van der Waals surface area contributed by atoms with Crippen LogP contribution >= 0.6 is 11.3 Å². The van der Waals surface area contributed by atoms with Gasteiger partial charge < -0.3 is 5.32 Å². The predicted octanol–water partition coefficient (Wildman–Crippen LogP) is 5.07. The van der Waals surface area contributed by atoms with Gasteiger partial charge in [-0.2, -0.15) is 0 Å². The molecule has 1 aromatic heterocycles. The van der Waals surface area contributed by atoms with Crippen LogP contribution in [0, 0.1) is 0 Å². The number of aromatic nitrogens is 1. The maximum atomic E-state index is 4.77. The fourth-order valence-electron chi connectivity index (χ4n) is 2.47. The lowest BCUT2D eigenvalue weighted by Gasteiger charge is -2.05. The van der Waals surface area contributed by atoms with Crippen LogP contribution in [0.15, 0.2) is 48.5 Å². The Kier molecular flexibility index (Phi) is 4.20. The highest BCUT2D eigenvalue weighted by Gasteiger charge is 2.10. The molecule has 0 aliphatic rings. The summed E-state index contributed by atoms with van der Waals surface area (Å²) in [7, 11) is 0. The minimum atomic E-state index is 0.507. The number of nitrogens with zero attached hydrogens (tertiary/aromatic N) is 1. The molecule has 0 aliphatic carbocycles. The Bertz CT molecular complexity index is 716. The zero-order valence-electron chi connectivity index (χ0n) is 12.5. The molecule has 0 amide bonds. The van der Waals surface area contributed by atoms with Gasteiger partial charge in [0.15, 0.2) is 5.13 Å². The van der Waals surface area contributed by atoms with Gasteiger partial charge in [-0.3, -0.25) is 0 Å². The first kappa shape index (κ1) is 14.1. The van der Waals surface area contributed by atoms with E-state index in [0.29, 0.717) is 5.92 Å². The minimum Gasteiger partial charge on any atom is -0.361 e. The molecule has 0 radical (unpaired) electrons. The summed E-state index contributed by atoms with van der Waals surface area (Å²) in [5.74, 6) is 0.507. The summed E-state index contributed by atoms with van der Waals surface area (Å²) in [4.78, 5) is 4.77. The van der Waals surface area contributed by atoms with E-state index in [4.69, 9.17) is 4.98 Å². The van der Waals surface area contributed by atoms with Crippen molar-refractivity contribution >= 4 is 26.7 Å². The first-order valence-corrected chi connectivity index (χ1v) is 8.23. The third kappa shape index (κ3) is 3.24. The monoisotopic (exact) mass is 296 g/mol. The highest BCUT2D eigenvalue weighted by Crippen LogP contribution is 2.31. The second-order valence-corrected chi connectivity index (χ2v) is 6.56. The maximum absolute atomic E-state index is 4.77. The summed E-state index contributed by atoms with van der Waals surface area (Å²) in [6.45, 7) is 5.36. The largest absolute Gasteiger partial charge is 0.361 e. The molecule has 0 unspecified atom stereocenters. The molecule has 21 heavy (non-hydrogen) atoms. The van der Waals surface area contributed by atoms with Gasteiger partial charge in [-0.1, -0.05) is 67.6 Å². The van der Waals surface area contributed by atoms with E-state index in [-0.39, 0.29) is 0 Å². The van der Waals surface area contributed by atoms with Gasteiger partial charge in [-0.05, 0) is 29.5 Å². The van der Waals surface area contributed by atoms with Gasteiger partial charge in [0.25, 0.3) is 0 Å². The van der Waals surface area contributed by atoms with E-state index in [2.05, 4.69) is 67.7 Å². The Labute approximate surface area is 129 Å². The molecule has 1 N–H and O–H groups in total. The van der Waals surface area contributed by atoms with Crippen LogP contribution in [0.2, 0.25) is 0 Å². The lowest BCUT2D eigenvalue weighted by Crippen LogP contribution is -2.04. The van der Waals surface area contributed by atoms with Crippen molar-refractivity contribution in [2.24, 2.45) is 0 Å². The van der Waals surface area contributed by atoms with Crippen LogP contribution in [0.5, 0.6) is 0 Å². The normalized spacial score (nSPS) is 11.2. The van der Waals surface area contributed by atoms with E-state index < -0.39 is 0 Å². The number of anilines is 1. The summed E-state index contributed by atoms with van der Waals surface area (Å²) in [6, 6.07) is 17.0. The van der Waals surface area contributed by atoms with E-state index in [1.807, 2.05) is 0 Å².